The van der Waals surface area contributed by atoms with Crippen LogP contribution in [0.5, 0.6) is 11.5 Å². The quantitative estimate of drug-likeness (QED) is 0.205. The van der Waals surface area contributed by atoms with E-state index in [0.29, 0.717) is 56.4 Å². The molecule has 13 nitrogen and oxygen atoms in total. The highest BCUT2D eigenvalue weighted by Crippen LogP contribution is 2.38. The van der Waals surface area contributed by atoms with Crippen molar-refractivity contribution >= 4 is 34.4 Å². The van der Waals surface area contributed by atoms with Gasteiger partial charge in [0.05, 0.1) is 49.4 Å². The average molecular weight is 641 g/mol. The number of aryl methyl sites for hydroxylation is 3. The molecule has 0 saturated heterocycles. The summed E-state index contributed by atoms with van der Waals surface area (Å²) in [6, 6.07) is 10.2. The van der Waals surface area contributed by atoms with Crippen LogP contribution in [0.2, 0.25) is 0 Å². The minimum atomic E-state index is -0.681. The molecular formula is C34H36N6O7. The second-order valence-corrected chi connectivity index (χ2v) is 11.9. The lowest BCUT2D eigenvalue weighted by atomic mass is 9.99. The molecule has 47 heavy (non-hydrogen) atoms. The second-order valence-electron chi connectivity index (χ2n) is 11.9. The minimum Gasteiger partial charge on any atom is -0.496 e. The molecule has 244 valence electrons. The molecule has 4 heterocycles. The van der Waals surface area contributed by atoms with Crippen LogP contribution in [0.3, 0.4) is 0 Å². The van der Waals surface area contributed by atoms with Gasteiger partial charge in [-0.25, -0.2) is 9.78 Å². The van der Waals surface area contributed by atoms with Crippen molar-refractivity contribution in [3.05, 3.63) is 87.4 Å². The fourth-order valence-electron chi connectivity index (χ4n) is 5.21. The molecule has 0 unspecified atom stereocenters. The maximum atomic E-state index is 14.1. The van der Waals surface area contributed by atoms with Gasteiger partial charge in [0.15, 0.2) is 0 Å². The molecule has 0 fully saturated rings. The number of nitrogens with one attached hydrogen (secondary N) is 2. The topological polar surface area (TPSA) is 160 Å². The normalized spacial score (nSPS) is 11.3. The van der Waals surface area contributed by atoms with E-state index in [0.717, 1.165) is 5.56 Å². The summed E-state index contributed by atoms with van der Waals surface area (Å²) < 4.78 is 23.4. The van der Waals surface area contributed by atoms with Gasteiger partial charge in [-0.3, -0.25) is 19.9 Å². The van der Waals surface area contributed by atoms with Crippen molar-refractivity contribution in [2.45, 2.75) is 53.7 Å². The van der Waals surface area contributed by atoms with E-state index in [2.05, 4.69) is 25.8 Å². The summed E-state index contributed by atoms with van der Waals surface area (Å²) in [5.74, 6) is 1.20. The molecule has 1 aromatic carbocycles. The lowest BCUT2D eigenvalue weighted by Crippen LogP contribution is -2.30. The zero-order valence-corrected chi connectivity index (χ0v) is 27.5. The van der Waals surface area contributed by atoms with E-state index in [1.165, 1.54) is 17.9 Å². The molecule has 0 atom stereocenters. The summed E-state index contributed by atoms with van der Waals surface area (Å²) in [6.07, 6.45) is 2.34. The van der Waals surface area contributed by atoms with Gasteiger partial charge in [0.1, 0.15) is 39.9 Å². The summed E-state index contributed by atoms with van der Waals surface area (Å²) in [6.45, 7) is 10.6. The fraction of sp³-hybridized carbons (Fsp3) is 0.294. The van der Waals surface area contributed by atoms with Crippen LogP contribution in [0.4, 0.5) is 16.3 Å². The van der Waals surface area contributed by atoms with Crippen molar-refractivity contribution < 1.29 is 28.3 Å². The molecule has 0 aliphatic carbocycles. The lowest BCUT2D eigenvalue weighted by Gasteiger charge is -2.20. The minimum absolute atomic E-state index is 0.0139. The number of carbonyl (C=O) groups is 2. The summed E-state index contributed by atoms with van der Waals surface area (Å²) in [7, 11) is 3.06. The Labute approximate surface area is 270 Å². The first-order valence-electron chi connectivity index (χ1n) is 14.7. The number of carbonyl (C=O) groups excluding carboxylic acids is 2. The number of rotatable bonds is 8. The molecule has 0 bridgehead atoms. The SMILES string of the molecule is COc1cc2c(cc1-c1c(C)noc1C)cc(C(=O)Nc1cnc(NC(=O)OC(C)(C)C)c(C)c1)c(=O)n2Cc1ncccc1OC. The molecule has 0 saturated carbocycles. The van der Waals surface area contributed by atoms with Crippen molar-refractivity contribution in [2.75, 3.05) is 24.9 Å². The highest BCUT2D eigenvalue weighted by molar-refractivity contribution is 6.06. The Morgan fingerprint density at radius 2 is 1.72 bits per heavy atom. The number of nitrogens with zero attached hydrogens (tertiary/aromatic N) is 4. The van der Waals surface area contributed by atoms with Gasteiger partial charge in [-0.1, -0.05) is 5.16 Å². The zero-order valence-electron chi connectivity index (χ0n) is 27.5. The molecule has 5 aromatic rings. The standard InChI is InChI=1S/C34H36N6O7/c1-18-12-22(16-36-30(18)38-33(43)46-34(4,5)6)37-31(41)24-14-21-13-23(29-19(2)39-47-20(29)3)28(45-8)15-26(21)40(32(24)42)17-25-27(44-7)10-9-11-35-25/h9-16H,17H2,1-8H3,(H,37,41)(H,36,38,43). The predicted octanol–water partition coefficient (Wildman–Crippen LogP) is 6.04. The Morgan fingerprint density at radius 3 is 2.36 bits per heavy atom. The van der Waals surface area contributed by atoms with Crippen LogP contribution in [0.15, 0.2) is 58.1 Å². The van der Waals surface area contributed by atoms with E-state index in [4.69, 9.17) is 18.7 Å². The number of benzene rings is 1. The van der Waals surface area contributed by atoms with Gasteiger partial charge < -0.3 is 28.6 Å². The zero-order chi connectivity index (χ0) is 34.0. The van der Waals surface area contributed by atoms with E-state index in [9.17, 15) is 14.4 Å². The van der Waals surface area contributed by atoms with Gasteiger partial charge in [-0.15, -0.1) is 0 Å². The molecule has 13 heteroatoms. The number of aromatic nitrogens is 4. The van der Waals surface area contributed by atoms with Crippen molar-refractivity contribution in [2.24, 2.45) is 0 Å². The number of hydrogen-bond donors (Lipinski definition) is 2. The Morgan fingerprint density at radius 1 is 0.979 bits per heavy atom. The van der Waals surface area contributed by atoms with Crippen LogP contribution in [-0.2, 0) is 11.3 Å². The third-order valence-corrected chi connectivity index (χ3v) is 7.29. The first kappa shape index (κ1) is 32.7. The fourth-order valence-corrected chi connectivity index (χ4v) is 5.21. The van der Waals surface area contributed by atoms with E-state index < -0.39 is 23.2 Å². The van der Waals surface area contributed by atoms with Crippen LogP contribution >= 0.6 is 0 Å². The van der Waals surface area contributed by atoms with Crippen molar-refractivity contribution in [3.63, 3.8) is 0 Å². The summed E-state index contributed by atoms with van der Waals surface area (Å²) in [4.78, 5) is 48.8. The van der Waals surface area contributed by atoms with Gasteiger partial charge in [0, 0.05) is 23.2 Å². The molecular weight excluding hydrogens is 604 g/mol. The first-order valence-corrected chi connectivity index (χ1v) is 14.7. The van der Waals surface area contributed by atoms with Crippen molar-refractivity contribution in [1.29, 1.82) is 0 Å². The molecule has 2 N–H and O–H groups in total. The summed E-state index contributed by atoms with van der Waals surface area (Å²) in [5.41, 5.74) is 2.67. The highest BCUT2D eigenvalue weighted by Gasteiger charge is 2.23. The van der Waals surface area contributed by atoms with E-state index >= 15 is 0 Å². The summed E-state index contributed by atoms with van der Waals surface area (Å²) in [5, 5.41) is 10.1. The molecule has 0 spiro atoms. The first-order chi connectivity index (χ1) is 22.3. The predicted molar refractivity (Wildman–Crippen MR) is 176 cm³/mol. The van der Waals surface area contributed by atoms with Crippen LogP contribution in [0.25, 0.3) is 22.0 Å². The molecule has 5 rings (SSSR count). The second kappa shape index (κ2) is 12.9. The van der Waals surface area contributed by atoms with Gasteiger partial charge in [-0.2, -0.15) is 0 Å². The number of anilines is 2. The summed E-state index contributed by atoms with van der Waals surface area (Å²) >= 11 is 0. The Balaban J connectivity index is 1.59. The Hall–Kier alpha value is -5.72. The smallest absolute Gasteiger partial charge is 0.413 e. The third kappa shape index (κ3) is 6.93. The number of hydrogen-bond acceptors (Lipinski definition) is 10. The van der Waals surface area contributed by atoms with Crippen LogP contribution in [0, 0.1) is 20.8 Å². The van der Waals surface area contributed by atoms with E-state index in [1.807, 2.05) is 13.0 Å². The number of fused-ring (bicyclic) bond motifs is 1. The monoisotopic (exact) mass is 640 g/mol. The van der Waals surface area contributed by atoms with E-state index in [1.54, 1.807) is 78.3 Å². The van der Waals surface area contributed by atoms with E-state index in [-0.39, 0.29) is 17.9 Å². The van der Waals surface area contributed by atoms with Crippen LogP contribution in [0.1, 0.15) is 53.8 Å². The van der Waals surface area contributed by atoms with Crippen molar-refractivity contribution in [1.82, 2.24) is 19.7 Å². The third-order valence-electron chi connectivity index (χ3n) is 7.29. The van der Waals surface area contributed by atoms with Crippen LogP contribution < -0.4 is 25.7 Å². The van der Waals surface area contributed by atoms with Gasteiger partial charge in [-0.05, 0) is 77.4 Å². The molecule has 2 amide bonds. The van der Waals surface area contributed by atoms with Gasteiger partial charge in [0.25, 0.3) is 11.5 Å². The largest absolute Gasteiger partial charge is 0.496 e. The molecule has 0 aliphatic rings. The molecule has 0 radical (unpaired) electrons. The van der Waals surface area contributed by atoms with Gasteiger partial charge >= 0.3 is 6.09 Å². The molecule has 4 aromatic heterocycles. The van der Waals surface area contributed by atoms with Crippen LogP contribution in [-0.4, -0.2) is 51.5 Å². The van der Waals surface area contributed by atoms with Crippen molar-refractivity contribution in [3.8, 4) is 22.6 Å². The Kier molecular flexibility index (Phi) is 9.00. The average Bonchev–Trinajstić information content (AvgIpc) is 3.35. The molecule has 0 aliphatic heterocycles. The lowest BCUT2D eigenvalue weighted by molar-refractivity contribution is 0.0635. The maximum absolute atomic E-state index is 14.1. The highest BCUT2D eigenvalue weighted by atomic mass is 16.6. The van der Waals surface area contributed by atoms with Gasteiger partial charge in [0.2, 0.25) is 0 Å². The Bertz CT molecular complexity index is 2040. The number of amides is 2. The number of ether oxygens (including phenoxy) is 3. The number of pyridine rings is 3. The maximum Gasteiger partial charge on any atom is 0.413 e. The number of methoxy groups -OCH3 is 2.